The van der Waals surface area contributed by atoms with Crippen LogP contribution in [0.25, 0.3) is 0 Å². The van der Waals surface area contributed by atoms with Crippen LogP contribution in [0.5, 0.6) is 17.2 Å². The molecule has 19 heavy (non-hydrogen) atoms. The molecule has 5 heteroatoms. The molecule has 0 atom stereocenters. The summed E-state index contributed by atoms with van der Waals surface area (Å²) in [5.41, 5.74) is 0. The van der Waals surface area contributed by atoms with Gasteiger partial charge in [-0.05, 0) is 24.3 Å². The van der Waals surface area contributed by atoms with Crippen molar-refractivity contribution in [2.24, 2.45) is 0 Å². The van der Waals surface area contributed by atoms with E-state index in [1.165, 1.54) is 20.5 Å². The number of hydrogen-bond donors (Lipinski definition) is 0. The van der Waals surface area contributed by atoms with Crippen LogP contribution in [-0.4, -0.2) is 26.6 Å². The molecule has 0 aliphatic heterocycles. The molecule has 5 nitrogen and oxygen atoms in total. The number of para-hydroxylation sites is 1. The lowest BCUT2D eigenvalue weighted by molar-refractivity contribution is 0.0889. The Labute approximate surface area is 110 Å². The van der Waals surface area contributed by atoms with E-state index in [9.17, 15) is 4.79 Å². The maximum atomic E-state index is 11.8. The third-order valence-electron chi connectivity index (χ3n) is 2.53. The van der Waals surface area contributed by atoms with Crippen molar-refractivity contribution in [2.45, 2.75) is 0 Å². The number of Topliss-reactive ketones (excluding diaryl/α,β-unsaturated/α-hetero) is 1. The quantitative estimate of drug-likeness (QED) is 0.749. The van der Waals surface area contributed by atoms with Crippen LogP contribution in [0.15, 0.2) is 41.0 Å². The number of ketones is 1. The highest BCUT2D eigenvalue weighted by molar-refractivity contribution is 5.94. The minimum atomic E-state index is -0.252. The first-order valence-corrected chi connectivity index (χ1v) is 5.66. The molecule has 0 aliphatic carbocycles. The van der Waals surface area contributed by atoms with Crippen molar-refractivity contribution >= 4 is 5.78 Å². The zero-order chi connectivity index (χ0) is 13.7. The van der Waals surface area contributed by atoms with E-state index < -0.39 is 0 Å². The van der Waals surface area contributed by atoms with Gasteiger partial charge < -0.3 is 18.6 Å². The van der Waals surface area contributed by atoms with Gasteiger partial charge in [-0.1, -0.05) is 6.07 Å². The molecule has 0 spiro atoms. The molecule has 1 aromatic carbocycles. The average Bonchev–Trinajstić information content (AvgIpc) is 2.98. The summed E-state index contributed by atoms with van der Waals surface area (Å²) in [6.07, 6.45) is 1.44. The smallest absolute Gasteiger partial charge is 0.235 e. The van der Waals surface area contributed by atoms with Crippen LogP contribution in [0.3, 0.4) is 0 Å². The van der Waals surface area contributed by atoms with E-state index >= 15 is 0 Å². The van der Waals surface area contributed by atoms with Gasteiger partial charge in [0.15, 0.2) is 23.9 Å². The van der Waals surface area contributed by atoms with Crippen molar-refractivity contribution in [1.29, 1.82) is 0 Å². The first kappa shape index (κ1) is 13.0. The van der Waals surface area contributed by atoms with E-state index in [1.54, 1.807) is 30.3 Å². The Kier molecular flexibility index (Phi) is 4.07. The van der Waals surface area contributed by atoms with Crippen LogP contribution >= 0.6 is 0 Å². The van der Waals surface area contributed by atoms with Gasteiger partial charge in [-0.25, -0.2) is 0 Å². The van der Waals surface area contributed by atoms with Crippen LogP contribution in [-0.2, 0) is 0 Å². The molecule has 0 bridgehead atoms. The summed E-state index contributed by atoms with van der Waals surface area (Å²) in [6.45, 7) is -0.149. The van der Waals surface area contributed by atoms with Crippen LogP contribution in [0.4, 0.5) is 0 Å². The first-order valence-electron chi connectivity index (χ1n) is 5.66. The summed E-state index contributed by atoms with van der Waals surface area (Å²) in [4.78, 5) is 11.8. The fourth-order valence-corrected chi connectivity index (χ4v) is 1.61. The minimum absolute atomic E-state index is 0.149. The van der Waals surface area contributed by atoms with Gasteiger partial charge in [0.05, 0.1) is 20.5 Å². The highest BCUT2D eigenvalue weighted by Gasteiger charge is 2.15. The predicted molar refractivity (Wildman–Crippen MR) is 68.1 cm³/mol. The van der Waals surface area contributed by atoms with E-state index in [-0.39, 0.29) is 18.2 Å². The number of ether oxygens (including phenoxy) is 3. The Bertz CT molecular complexity index is 523. The molecule has 0 amide bonds. The number of hydrogen-bond acceptors (Lipinski definition) is 5. The summed E-state index contributed by atoms with van der Waals surface area (Å²) in [6, 6.07) is 8.48. The van der Waals surface area contributed by atoms with Crippen molar-refractivity contribution < 1.29 is 23.4 Å². The fraction of sp³-hybridized carbons (Fsp3) is 0.214. The third kappa shape index (κ3) is 2.88. The highest BCUT2D eigenvalue weighted by atomic mass is 16.5. The summed E-state index contributed by atoms with van der Waals surface area (Å²) in [5.74, 6) is 1.41. The lowest BCUT2D eigenvalue weighted by Crippen LogP contribution is -2.11. The second-order valence-corrected chi connectivity index (χ2v) is 3.68. The molecule has 0 N–H and O–H groups in total. The van der Waals surface area contributed by atoms with Crippen LogP contribution in [0.1, 0.15) is 10.6 Å². The van der Waals surface area contributed by atoms with Gasteiger partial charge >= 0.3 is 0 Å². The maximum absolute atomic E-state index is 11.8. The normalized spacial score (nSPS) is 10.0. The molecule has 2 rings (SSSR count). The number of methoxy groups -OCH3 is 2. The second kappa shape index (κ2) is 5.95. The molecule has 0 unspecified atom stereocenters. The van der Waals surface area contributed by atoms with Crippen LogP contribution in [0, 0.1) is 0 Å². The Morgan fingerprint density at radius 1 is 1.11 bits per heavy atom. The zero-order valence-electron chi connectivity index (χ0n) is 10.7. The molecular weight excluding hydrogens is 248 g/mol. The number of rotatable bonds is 6. The number of benzene rings is 1. The van der Waals surface area contributed by atoms with Crippen molar-refractivity contribution in [1.82, 2.24) is 0 Å². The molecule has 2 aromatic rings. The minimum Gasteiger partial charge on any atom is -0.493 e. The molecule has 0 saturated heterocycles. The Balaban J connectivity index is 2.12. The molecular formula is C14H14O5. The van der Waals surface area contributed by atoms with Gasteiger partial charge in [0.2, 0.25) is 11.5 Å². The lowest BCUT2D eigenvalue weighted by atomic mass is 10.3. The van der Waals surface area contributed by atoms with E-state index in [4.69, 9.17) is 18.6 Å². The van der Waals surface area contributed by atoms with E-state index in [0.717, 1.165) is 0 Å². The largest absolute Gasteiger partial charge is 0.493 e. The van der Waals surface area contributed by atoms with Crippen molar-refractivity contribution in [3.05, 3.63) is 42.4 Å². The maximum Gasteiger partial charge on any atom is 0.235 e. The zero-order valence-corrected chi connectivity index (χ0v) is 10.7. The summed E-state index contributed by atoms with van der Waals surface area (Å²) < 4.78 is 20.8. The second-order valence-electron chi connectivity index (χ2n) is 3.68. The summed E-state index contributed by atoms with van der Waals surface area (Å²) >= 11 is 0. The molecule has 1 heterocycles. The number of carbonyl (C=O) groups is 1. The standard InChI is InChI=1S/C14H14O5/c1-16-12-5-3-6-13(17-2)14(12)19-9-10(15)11-7-4-8-18-11/h3-8H,9H2,1-2H3. The highest BCUT2D eigenvalue weighted by Crippen LogP contribution is 2.36. The predicted octanol–water partition coefficient (Wildman–Crippen LogP) is 2.56. The van der Waals surface area contributed by atoms with Gasteiger partial charge in [0, 0.05) is 0 Å². The van der Waals surface area contributed by atoms with Crippen molar-refractivity contribution in [3.8, 4) is 17.2 Å². The Hall–Kier alpha value is -2.43. The molecule has 1 aromatic heterocycles. The van der Waals surface area contributed by atoms with Crippen molar-refractivity contribution in [2.75, 3.05) is 20.8 Å². The fourth-order valence-electron chi connectivity index (χ4n) is 1.61. The van der Waals surface area contributed by atoms with Gasteiger partial charge in [0.25, 0.3) is 0 Å². The number of carbonyl (C=O) groups excluding carboxylic acids is 1. The van der Waals surface area contributed by atoms with E-state index in [0.29, 0.717) is 17.2 Å². The topological polar surface area (TPSA) is 57.9 Å². The van der Waals surface area contributed by atoms with Crippen molar-refractivity contribution in [3.63, 3.8) is 0 Å². The molecule has 0 aliphatic rings. The van der Waals surface area contributed by atoms with E-state index in [2.05, 4.69) is 0 Å². The first-order chi connectivity index (χ1) is 9.26. The average molecular weight is 262 g/mol. The molecule has 0 radical (unpaired) electrons. The van der Waals surface area contributed by atoms with Crippen LogP contribution < -0.4 is 14.2 Å². The third-order valence-corrected chi connectivity index (χ3v) is 2.53. The SMILES string of the molecule is COc1cccc(OC)c1OCC(=O)c1ccco1. The Morgan fingerprint density at radius 2 is 1.79 bits per heavy atom. The summed E-state index contributed by atoms with van der Waals surface area (Å²) in [7, 11) is 3.05. The monoisotopic (exact) mass is 262 g/mol. The Morgan fingerprint density at radius 3 is 2.32 bits per heavy atom. The van der Waals surface area contributed by atoms with Gasteiger partial charge in [-0.3, -0.25) is 4.79 Å². The lowest BCUT2D eigenvalue weighted by Gasteiger charge is -2.13. The molecule has 100 valence electrons. The van der Waals surface area contributed by atoms with Gasteiger partial charge in [0.1, 0.15) is 0 Å². The van der Waals surface area contributed by atoms with E-state index in [1.807, 2.05) is 0 Å². The summed E-state index contributed by atoms with van der Waals surface area (Å²) in [5, 5.41) is 0. The molecule has 0 fully saturated rings. The molecule has 0 saturated carbocycles. The van der Waals surface area contributed by atoms with Crippen LogP contribution in [0.2, 0.25) is 0 Å². The van der Waals surface area contributed by atoms with Gasteiger partial charge in [-0.2, -0.15) is 0 Å². The number of furan rings is 1. The van der Waals surface area contributed by atoms with Gasteiger partial charge in [-0.15, -0.1) is 0 Å².